The summed E-state index contributed by atoms with van der Waals surface area (Å²) >= 11 is 4.14. The molecule has 1 amide bonds. The molecule has 1 aliphatic rings. The minimum Gasteiger partial charge on any atom is -0.507 e. The SMILES string of the molecule is COc1ccc(C(O)=C2C(=O)C(=O)N(c3nnc(SCc4cccc5ccccc45)s3)[C@@H]2c2cccs2)cc1OC. The van der Waals surface area contributed by atoms with Gasteiger partial charge in [-0.1, -0.05) is 71.6 Å². The number of thioether (sulfide) groups is 1. The molecule has 2 aromatic heterocycles. The van der Waals surface area contributed by atoms with Crippen LogP contribution in [0.1, 0.15) is 22.0 Å². The highest BCUT2D eigenvalue weighted by molar-refractivity contribution is 8.00. The third kappa shape index (κ3) is 4.96. The predicted molar refractivity (Wildman–Crippen MR) is 162 cm³/mol. The van der Waals surface area contributed by atoms with Gasteiger partial charge in [0.05, 0.1) is 19.8 Å². The fourth-order valence-corrected chi connectivity index (χ4v) is 7.50. The van der Waals surface area contributed by atoms with Crippen molar-refractivity contribution in [3.63, 3.8) is 0 Å². The minimum atomic E-state index is -0.855. The summed E-state index contributed by atoms with van der Waals surface area (Å²) < 4.78 is 11.3. The number of aromatic nitrogens is 2. The van der Waals surface area contributed by atoms with Gasteiger partial charge in [0, 0.05) is 16.2 Å². The van der Waals surface area contributed by atoms with Gasteiger partial charge in [0.15, 0.2) is 15.8 Å². The molecule has 3 aromatic carbocycles. The van der Waals surface area contributed by atoms with E-state index < -0.39 is 17.7 Å². The maximum atomic E-state index is 13.4. The molecular weight excluding hydrogens is 579 g/mol. The van der Waals surface area contributed by atoms with Crippen molar-refractivity contribution in [3.8, 4) is 11.5 Å². The molecule has 1 atom stereocenters. The number of thiophene rings is 1. The summed E-state index contributed by atoms with van der Waals surface area (Å²) in [5, 5.41) is 24.5. The zero-order valence-corrected chi connectivity index (χ0v) is 24.4. The van der Waals surface area contributed by atoms with Gasteiger partial charge in [-0.3, -0.25) is 14.5 Å². The molecule has 0 saturated carbocycles. The van der Waals surface area contributed by atoms with Crippen molar-refractivity contribution in [1.82, 2.24) is 10.2 Å². The average Bonchev–Trinajstić information content (AvgIpc) is 3.76. The van der Waals surface area contributed by atoms with E-state index in [2.05, 4.69) is 34.5 Å². The van der Waals surface area contributed by atoms with Crippen molar-refractivity contribution < 1.29 is 24.2 Å². The van der Waals surface area contributed by atoms with Crippen LogP contribution in [-0.2, 0) is 15.3 Å². The van der Waals surface area contributed by atoms with E-state index in [1.807, 2.05) is 35.7 Å². The molecule has 1 N–H and O–H groups in total. The Labute approximate surface area is 247 Å². The van der Waals surface area contributed by atoms with Crippen molar-refractivity contribution in [2.75, 3.05) is 19.1 Å². The third-order valence-corrected chi connectivity index (χ3v) is 9.78. The molecule has 1 fully saturated rings. The van der Waals surface area contributed by atoms with Gasteiger partial charge in [-0.05, 0) is 46.0 Å². The second-order valence-electron chi connectivity index (χ2n) is 9.03. The number of hydrogen-bond donors (Lipinski definition) is 1. The van der Waals surface area contributed by atoms with Gasteiger partial charge in [0.25, 0.3) is 5.78 Å². The molecule has 1 aliphatic heterocycles. The van der Waals surface area contributed by atoms with Gasteiger partial charge >= 0.3 is 5.91 Å². The fraction of sp³-hybridized carbons (Fsp3) is 0.133. The van der Waals surface area contributed by atoms with E-state index in [1.54, 1.807) is 18.2 Å². The largest absolute Gasteiger partial charge is 0.507 e. The van der Waals surface area contributed by atoms with E-state index >= 15 is 0 Å². The predicted octanol–water partition coefficient (Wildman–Crippen LogP) is 6.69. The molecule has 8 nitrogen and oxygen atoms in total. The Morgan fingerprint density at radius 2 is 1.78 bits per heavy atom. The Bertz CT molecular complexity index is 1790. The van der Waals surface area contributed by atoms with Crippen LogP contribution in [-0.4, -0.2) is 41.2 Å². The molecule has 0 unspecified atom stereocenters. The molecule has 6 rings (SSSR count). The number of nitrogens with zero attached hydrogens (tertiary/aromatic N) is 3. The molecule has 11 heteroatoms. The number of fused-ring (bicyclic) bond motifs is 1. The van der Waals surface area contributed by atoms with Gasteiger partial charge in [-0.15, -0.1) is 21.5 Å². The maximum absolute atomic E-state index is 13.4. The number of amides is 1. The van der Waals surface area contributed by atoms with Crippen molar-refractivity contribution in [2.45, 2.75) is 16.1 Å². The topological polar surface area (TPSA) is 102 Å². The molecule has 206 valence electrons. The molecule has 3 heterocycles. The summed E-state index contributed by atoms with van der Waals surface area (Å²) in [6.45, 7) is 0. The standard InChI is InChI=1S/C30H23N3O5S3/c1-37-21-13-12-18(15-22(21)38-2)26(34)24-25(23-11-6-14-39-23)33(28(36)27(24)35)29-31-32-30(41-29)40-16-19-9-5-8-17-7-3-4-10-20(17)19/h3-15,25,34H,16H2,1-2H3/t25-/m1/s1. The van der Waals surface area contributed by atoms with Crippen LogP contribution in [0.5, 0.6) is 11.5 Å². The van der Waals surface area contributed by atoms with E-state index in [1.165, 1.54) is 64.5 Å². The van der Waals surface area contributed by atoms with Crippen LogP contribution in [0, 0.1) is 0 Å². The first kappa shape index (κ1) is 27.0. The second-order valence-corrected chi connectivity index (χ2v) is 12.2. The molecule has 41 heavy (non-hydrogen) atoms. The van der Waals surface area contributed by atoms with Crippen LogP contribution in [0.15, 0.2) is 88.1 Å². The average molecular weight is 602 g/mol. The Kier molecular flexibility index (Phi) is 7.48. The number of methoxy groups -OCH3 is 2. The quantitative estimate of drug-likeness (QED) is 0.0690. The number of hydrogen-bond acceptors (Lipinski definition) is 10. The molecule has 0 aliphatic carbocycles. The highest BCUT2D eigenvalue weighted by Crippen LogP contribution is 2.45. The lowest BCUT2D eigenvalue weighted by Gasteiger charge is -2.21. The van der Waals surface area contributed by atoms with E-state index in [-0.39, 0.29) is 16.5 Å². The van der Waals surface area contributed by atoms with Crippen LogP contribution in [0.25, 0.3) is 16.5 Å². The minimum absolute atomic E-state index is 0.0233. The highest BCUT2D eigenvalue weighted by Gasteiger charge is 2.48. The van der Waals surface area contributed by atoms with E-state index in [0.717, 1.165) is 5.39 Å². The lowest BCUT2D eigenvalue weighted by atomic mass is 9.99. The molecule has 1 saturated heterocycles. The summed E-state index contributed by atoms with van der Waals surface area (Å²) in [6, 6.07) is 22.0. The van der Waals surface area contributed by atoms with Crippen LogP contribution < -0.4 is 14.4 Å². The van der Waals surface area contributed by atoms with Crippen molar-refractivity contribution in [1.29, 1.82) is 0 Å². The number of rotatable bonds is 8. The number of aliphatic hydroxyl groups is 1. The molecule has 0 spiro atoms. The van der Waals surface area contributed by atoms with Crippen molar-refractivity contribution in [2.24, 2.45) is 0 Å². The van der Waals surface area contributed by atoms with Crippen LogP contribution in [0.3, 0.4) is 0 Å². The number of aliphatic hydroxyl groups excluding tert-OH is 1. The number of ketones is 1. The van der Waals surface area contributed by atoms with E-state index in [4.69, 9.17) is 9.47 Å². The summed E-state index contributed by atoms with van der Waals surface area (Å²) in [7, 11) is 2.99. The summed E-state index contributed by atoms with van der Waals surface area (Å²) in [4.78, 5) is 28.9. The Morgan fingerprint density at radius 3 is 2.56 bits per heavy atom. The number of carbonyl (C=O) groups is 2. The molecular formula is C30H23N3O5S3. The second kappa shape index (κ2) is 11.4. The molecule has 0 bridgehead atoms. The number of benzene rings is 3. The number of ether oxygens (including phenoxy) is 2. The normalized spacial score (nSPS) is 16.4. The molecule has 5 aromatic rings. The van der Waals surface area contributed by atoms with Crippen molar-refractivity contribution in [3.05, 3.63) is 99.8 Å². The summed E-state index contributed by atoms with van der Waals surface area (Å²) in [6.07, 6.45) is 0. The zero-order chi connectivity index (χ0) is 28.5. The molecule has 0 radical (unpaired) electrons. The van der Waals surface area contributed by atoms with Gasteiger partial charge < -0.3 is 14.6 Å². The van der Waals surface area contributed by atoms with E-state index in [0.29, 0.717) is 32.0 Å². The number of anilines is 1. The van der Waals surface area contributed by atoms with Crippen LogP contribution in [0.4, 0.5) is 5.13 Å². The first-order valence-electron chi connectivity index (χ1n) is 12.5. The Morgan fingerprint density at radius 1 is 0.976 bits per heavy atom. The Hall–Kier alpha value is -4.19. The first-order valence-corrected chi connectivity index (χ1v) is 15.2. The van der Waals surface area contributed by atoms with Gasteiger partial charge in [-0.25, -0.2) is 0 Å². The van der Waals surface area contributed by atoms with Gasteiger partial charge in [0.2, 0.25) is 5.13 Å². The summed E-state index contributed by atoms with van der Waals surface area (Å²) in [5.74, 6) is -0.344. The van der Waals surface area contributed by atoms with E-state index in [9.17, 15) is 14.7 Å². The Balaban J connectivity index is 1.35. The van der Waals surface area contributed by atoms with Crippen LogP contribution >= 0.6 is 34.4 Å². The van der Waals surface area contributed by atoms with Crippen molar-refractivity contribution >= 4 is 67.8 Å². The fourth-order valence-electron chi connectivity index (χ4n) is 4.80. The van der Waals surface area contributed by atoms with Crippen LogP contribution in [0.2, 0.25) is 0 Å². The number of Topliss-reactive ketones (excluding diaryl/α,β-unsaturated/α-hetero) is 1. The lowest BCUT2D eigenvalue weighted by Crippen LogP contribution is -2.29. The summed E-state index contributed by atoms with van der Waals surface area (Å²) in [5.41, 5.74) is 1.47. The van der Waals surface area contributed by atoms with Gasteiger partial charge in [-0.2, -0.15) is 0 Å². The maximum Gasteiger partial charge on any atom is 0.301 e. The van der Waals surface area contributed by atoms with Gasteiger partial charge in [0.1, 0.15) is 11.8 Å². The highest BCUT2D eigenvalue weighted by atomic mass is 32.2. The zero-order valence-electron chi connectivity index (χ0n) is 21.9. The smallest absolute Gasteiger partial charge is 0.301 e. The number of carbonyl (C=O) groups excluding carboxylic acids is 2. The lowest BCUT2D eigenvalue weighted by molar-refractivity contribution is -0.132. The third-order valence-electron chi connectivity index (χ3n) is 6.75. The monoisotopic (exact) mass is 601 g/mol. The first-order chi connectivity index (χ1) is 20.0.